The third kappa shape index (κ3) is 5.18. The van der Waals surface area contributed by atoms with Crippen molar-refractivity contribution in [2.75, 3.05) is 40.9 Å². The number of nitrogens with zero attached hydrogens (tertiary/aromatic N) is 3. The molecule has 8 nitrogen and oxygen atoms in total. The van der Waals surface area contributed by atoms with Crippen molar-refractivity contribution in [2.24, 2.45) is 0 Å². The summed E-state index contributed by atoms with van der Waals surface area (Å²) in [6, 6.07) is 17.2. The minimum atomic E-state index is -3.51. The zero-order valence-electron chi connectivity index (χ0n) is 18.7. The van der Waals surface area contributed by atoms with Gasteiger partial charge in [0.15, 0.2) is 0 Å². The van der Waals surface area contributed by atoms with E-state index in [4.69, 9.17) is 4.74 Å². The number of halogens is 1. The fourth-order valence-corrected chi connectivity index (χ4v) is 6.25. The van der Waals surface area contributed by atoms with Crippen LogP contribution in [0.15, 0.2) is 60.9 Å². The maximum atomic E-state index is 12.6. The maximum absolute atomic E-state index is 12.6. The third-order valence-corrected chi connectivity index (χ3v) is 8.90. The summed E-state index contributed by atoms with van der Waals surface area (Å²) >= 11 is 0.00367. The first-order chi connectivity index (χ1) is 16.5. The van der Waals surface area contributed by atoms with Crippen molar-refractivity contribution in [2.45, 2.75) is 5.75 Å². The fraction of sp³-hybridized carbons (Fsp3) is 0.250. The molecule has 1 aliphatic heterocycles. The Labute approximate surface area is 209 Å². The van der Waals surface area contributed by atoms with Crippen LogP contribution in [-0.2, 0) is 20.5 Å². The van der Waals surface area contributed by atoms with Gasteiger partial charge in [-0.2, -0.15) is 0 Å². The van der Waals surface area contributed by atoms with Crippen LogP contribution in [0.2, 0.25) is 0 Å². The Morgan fingerprint density at radius 1 is 1.06 bits per heavy atom. The van der Waals surface area contributed by atoms with E-state index in [2.05, 4.69) is 29.5 Å². The SMILES string of the molecule is C[I-]c1ccc(CS(=O)(=O)Nc2ccc(-c3cc4c(N5CCOCC5)ncnc4[nH]3)cc2)cc1. The zero-order chi connectivity index (χ0) is 23.5. The Kier molecular flexibility index (Phi) is 6.70. The standard InChI is InChI=1S/C24H25IN5O3S/c1-25-19-6-2-17(3-7-19)15-34(31,32)29-20-8-4-18(5-9-20)22-14-21-23(28-22)26-16-27-24(21)30-10-12-33-13-11-30/h2-9,14,16,29H,10-13,15H2,1H3,(H,26,27,28)/q-1. The van der Waals surface area contributed by atoms with E-state index in [1.54, 1.807) is 18.5 Å². The van der Waals surface area contributed by atoms with Gasteiger partial charge >= 0.3 is 130 Å². The Morgan fingerprint density at radius 2 is 1.79 bits per heavy atom. The normalized spacial score (nSPS) is 14.6. The first-order valence-electron chi connectivity index (χ1n) is 10.9. The number of aromatic nitrogens is 3. The van der Waals surface area contributed by atoms with Crippen molar-refractivity contribution in [3.63, 3.8) is 0 Å². The van der Waals surface area contributed by atoms with Gasteiger partial charge < -0.3 is 14.6 Å². The fourth-order valence-electron chi connectivity index (χ4n) is 3.97. The molecular formula is C24H25IN5O3S-. The van der Waals surface area contributed by atoms with Crippen LogP contribution < -0.4 is 30.8 Å². The first kappa shape index (κ1) is 23.1. The number of anilines is 2. The molecule has 2 aromatic carbocycles. The molecule has 34 heavy (non-hydrogen) atoms. The van der Waals surface area contributed by atoms with Crippen LogP contribution in [-0.4, -0.2) is 54.6 Å². The van der Waals surface area contributed by atoms with Crippen molar-refractivity contribution in [1.82, 2.24) is 15.0 Å². The second-order valence-electron chi connectivity index (χ2n) is 8.00. The van der Waals surface area contributed by atoms with Crippen LogP contribution in [0.4, 0.5) is 11.5 Å². The number of sulfonamides is 1. The molecule has 3 heterocycles. The molecule has 1 saturated heterocycles. The zero-order valence-corrected chi connectivity index (χ0v) is 21.6. The van der Waals surface area contributed by atoms with E-state index in [1.165, 1.54) is 3.57 Å². The number of H-pyrrole nitrogens is 1. The molecule has 1 aliphatic rings. The number of fused-ring (bicyclic) bond motifs is 1. The first-order valence-corrected chi connectivity index (χ1v) is 15.8. The third-order valence-electron chi connectivity index (χ3n) is 5.67. The van der Waals surface area contributed by atoms with E-state index in [9.17, 15) is 8.42 Å². The topological polar surface area (TPSA) is 100 Å². The summed E-state index contributed by atoms with van der Waals surface area (Å²) in [5.41, 5.74) is 3.92. The summed E-state index contributed by atoms with van der Waals surface area (Å²) in [6.45, 7) is 2.97. The minimum absolute atomic E-state index is 0.00367. The average Bonchev–Trinajstić information content (AvgIpc) is 3.29. The monoisotopic (exact) mass is 590 g/mol. The molecule has 0 radical (unpaired) electrons. The van der Waals surface area contributed by atoms with Crippen LogP contribution >= 0.6 is 0 Å². The predicted molar refractivity (Wildman–Crippen MR) is 130 cm³/mol. The van der Waals surface area contributed by atoms with Crippen molar-refractivity contribution >= 4 is 32.6 Å². The van der Waals surface area contributed by atoms with Gasteiger partial charge in [-0.1, -0.05) is 0 Å². The van der Waals surface area contributed by atoms with Crippen LogP contribution in [0.1, 0.15) is 5.56 Å². The van der Waals surface area contributed by atoms with Gasteiger partial charge in [0.1, 0.15) is 17.8 Å². The van der Waals surface area contributed by atoms with Gasteiger partial charge in [0.25, 0.3) is 0 Å². The Balaban J connectivity index is 1.32. The van der Waals surface area contributed by atoms with E-state index in [0.29, 0.717) is 18.9 Å². The molecular weight excluding hydrogens is 565 g/mol. The van der Waals surface area contributed by atoms with E-state index >= 15 is 0 Å². The number of hydrogen-bond acceptors (Lipinski definition) is 6. The summed E-state index contributed by atoms with van der Waals surface area (Å²) in [4.78, 5) is 16.6. The van der Waals surface area contributed by atoms with Gasteiger partial charge in [-0.3, -0.25) is 0 Å². The molecule has 0 spiro atoms. The molecule has 0 bridgehead atoms. The van der Waals surface area contributed by atoms with Gasteiger partial charge in [0.2, 0.25) is 0 Å². The Bertz CT molecular complexity index is 1380. The number of rotatable bonds is 7. The summed E-state index contributed by atoms with van der Waals surface area (Å²) in [5, 5.41) is 0.959. The second kappa shape index (κ2) is 9.88. The molecule has 0 saturated carbocycles. The van der Waals surface area contributed by atoms with Gasteiger partial charge in [0.05, 0.1) is 18.6 Å². The number of aromatic amines is 1. The summed E-state index contributed by atoms with van der Waals surface area (Å²) in [5.74, 6) is 0.844. The van der Waals surface area contributed by atoms with Crippen molar-refractivity contribution in [3.05, 3.63) is 70.1 Å². The quantitative estimate of drug-likeness (QED) is 0.237. The average molecular weight is 590 g/mol. The van der Waals surface area contributed by atoms with Crippen LogP contribution in [0.5, 0.6) is 0 Å². The summed E-state index contributed by atoms with van der Waals surface area (Å²) in [6.07, 6.45) is 1.57. The predicted octanol–water partition coefficient (Wildman–Crippen LogP) is 0.292. The van der Waals surface area contributed by atoms with E-state index in [0.717, 1.165) is 46.8 Å². The van der Waals surface area contributed by atoms with Crippen molar-refractivity contribution in [1.29, 1.82) is 0 Å². The van der Waals surface area contributed by atoms with Crippen molar-refractivity contribution < 1.29 is 34.4 Å². The number of ether oxygens (including phenoxy) is 1. The number of alkyl halides is 1. The molecule has 0 aliphatic carbocycles. The van der Waals surface area contributed by atoms with Crippen LogP contribution in [0, 0.1) is 3.57 Å². The number of morpholine rings is 1. The summed E-state index contributed by atoms with van der Waals surface area (Å²) < 4.78 is 34.7. The van der Waals surface area contributed by atoms with Crippen LogP contribution in [0.3, 0.4) is 0 Å². The molecule has 2 aromatic heterocycles. The van der Waals surface area contributed by atoms with Gasteiger partial charge in [-0.15, -0.1) is 0 Å². The van der Waals surface area contributed by atoms with E-state index in [1.807, 2.05) is 42.5 Å². The van der Waals surface area contributed by atoms with E-state index < -0.39 is 10.0 Å². The Morgan fingerprint density at radius 3 is 2.50 bits per heavy atom. The second-order valence-corrected chi connectivity index (χ2v) is 12.0. The van der Waals surface area contributed by atoms with Crippen molar-refractivity contribution in [3.8, 4) is 11.3 Å². The molecule has 4 aromatic rings. The number of nitrogens with one attached hydrogen (secondary N) is 2. The van der Waals surface area contributed by atoms with E-state index in [-0.39, 0.29) is 27.0 Å². The molecule has 0 atom stereocenters. The number of benzene rings is 2. The van der Waals surface area contributed by atoms with Gasteiger partial charge in [-0.05, 0) is 6.07 Å². The molecule has 178 valence electrons. The van der Waals surface area contributed by atoms with Gasteiger partial charge in [-0.25, -0.2) is 9.97 Å². The molecule has 0 amide bonds. The molecule has 5 rings (SSSR count). The molecule has 1 fully saturated rings. The van der Waals surface area contributed by atoms with Gasteiger partial charge in [0, 0.05) is 13.1 Å². The summed E-state index contributed by atoms with van der Waals surface area (Å²) in [7, 11) is -3.51. The number of hydrogen-bond donors (Lipinski definition) is 2. The molecule has 2 N–H and O–H groups in total. The molecule has 0 unspecified atom stereocenters. The molecule has 10 heteroatoms. The van der Waals surface area contributed by atoms with Crippen LogP contribution in [0.25, 0.3) is 22.3 Å². The Hall–Kier alpha value is -2.70.